The van der Waals surface area contributed by atoms with Crippen molar-refractivity contribution in [3.63, 3.8) is 0 Å². The number of rotatable bonds is 5. The summed E-state index contributed by atoms with van der Waals surface area (Å²) in [5.41, 5.74) is 2.12. The average molecular weight is 543 g/mol. The molecule has 188 valence electrons. The van der Waals surface area contributed by atoms with Gasteiger partial charge in [0.15, 0.2) is 11.5 Å². The van der Waals surface area contributed by atoms with Gasteiger partial charge in [0.2, 0.25) is 0 Å². The number of benzene rings is 3. The standard InChI is InChI=1S/C27H19Cl2F3N4O/c1-2-22-33-34-25-23(17-5-11-20(28)12-6-17)24(18-7-13-21(29)14-8-18)26(37)35(36(22)25)15-16-3-9-19(10-4-16)27(30,31)32/h3-14H,2,15H2,1H3. The minimum Gasteiger partial charge on any atom is -0.267 e. The van der Waals surface area contributed by atoms with Gasteiger partial charge in [-0.3, -0.25) is 4.79 Å². The van der Waals surface area contributed by atoms with Gasteiger partial charge < -0.3 is 0 Å². The van der Waals surface area contributed by atoms with E-state index < -0.39 is 11.7 Å². The Kier molecular flexibility index (Phi) is 6.56. The Bertz CT molecular complexity index is 1640. The first-order chi connectivity index (χ1) is 17.7. The van der Waals surface area contributed by atoms with E-state index in [1.165, 1.54) is 16.8 Å². The Hall–Kier alpha value is -3.62. The van der Waals surface area contributed by atoms with Crippen LogP contribution in [0.3, 0.4) is 0 Å². The van der Waals surface area contributed by atoms with E-state index >= 15 is 0 Å². The topological polar surface area (TPSA) is 52.2 Å². The summed E-state index contributed by atoms with van der Waals surface area (Å²) in [6.07, 6.45) is -3.97. The summed E-state index contributed by atoms with van der Waals surface area (Å²) in [4.78, 5) is 14.2. The minimum absolute atomic E-state index is 0.0139. The molecule has 0 fully saturated rings. The third-order valence-electron chi connectivity index (χ3n) is 6.06. The van der Waals surface area contributed by atoms with Gasteiger partial charge in [-0.2, -0.15) is 13.2 Å². The lowest BCUT2D eigenvalue weighted by molar-refractivity contribution is -0.137. The zero-order chi connectivity index (χ0) is 26.3. The first kappa shape index (κ1) is 25.0. The van der Waals surface area contributed by atoms with Crippen LogP contribution in [0.1, 0.15) is 23.9 Å². The van der Waals surface area contributed by atoms with Crippen molar-refractivity contribution in [2.45, 2.75) is 26.1 Å². The summed E-state index contributed by atoms with van der Waals surface area (Å²) >= 11 is 12.2. The number of halogens is 5. The Balaban J connectivity index is 1.80. The van der Waals surface area contributed by atoms with Crippen LogP contribution < -0.4 is 5.56 Å². The van der Waals surface area contributed by atoms with Crippen LogP contribution in [0.15, 0.2) is 77.6 Å². The first-order valence-electron chi connectivity index (χ1n) is 11.4. The number of hydrogen-bond donors (Lipinski definition) is 0. The van der Waals surface area contributed by atoms with Gasteiger partial charge >= 0.3 is 6.18 Å². The van der Waals surface area contributed by atoms with Gasteiger partial charge in [0.1, 0.15) is 0 Å². The highest BCUT2D eigenvalue weighted by Gasteiger charge is 2.30. The van der Waals surface area contributed by atoms with Crippen molar-refractivity contribution in [1.29, 1.82) is 0 Å². The molecule has 0 aliphatic rings. The van der Waals surface area contributed by atoms with Crippen molar-refractivity contribution in [2.75, 3.05) is 0 Å². The number of aromatic nitrogens is 4. The van der Waals surface area contributed by atoms with Crippen molar-refractivity contribution in [2.24, 2.45) is 0 Å². The number of aryl methyl sites for hydroxylation is 1. The summed E-state index contributed by atoms with van der Waals surface area (Å²) in [5.74, 6) is 0.539. The van der Waals surface area contributed by atoms with Crippen LogP contribution in [0.2, 0.25) is 10.0 Å². The predicted molar refractivity (Wildman–Crippen MR) is 138 cm³/mol. The molecule has 0 amide bonds. The quantitative estimate of drug-likeness (QED) is 0.236. The number of fused-ring (bicyclic) bond motifs is 1. The zero-order valence-corrected chi connectivity index (χ0v) is 20.9. The summed E-state index contributed by atoms with van der Waals surface area (Å²) in [7, 11) is 0. The van der Waals surface area contributed by atoms with Crippen LogP contribution in [0.4, 0.5) is 13.2 Å². The zero-order valence-electron chi connectivity index (χ0n) is 19.4. The van der Waals surface area contributed by atoms with E-state index in [0.29, 0.717) is 55.8 Å². The van der Waals surface area contributed by atoms with Crippen molar-refractivity contribution >= 4 is 28.8 Å². The largest absolute Gasteiger partial charge is 0.416 e. The monoisotopic (exact) mass is 542 g/mol. The maximum Gasteiger partial charge on any atom is 0.416 e. The normalized spacial score (nSPS) is 11.8. The predicted octanol–water partition coefficient (Wildman–Crippen LogP) is 7.16. The molecule has 0 unspecified atom stereocenters. The molecule has 5 rings (SSSR count). The average Bonchev–Trinajstić information content (AvgIpc) is 3.30. The van der Waals surface area contributed by atoms with Gasteiger partial charge in [-0.25, -0.2) is 9.20 Å². The molecule has 2 heterocycles. The van der Waals surface area contributed by atoms with E-state index in [4.69, 9.17) is 23.2 Å². The van der Waals surface area contributed by atoms with Gasteiger partial charge in [0, 0.05) is 22.0 Å². The van der Waals surface area contributed by atoms with Gasteiger partial charge in [-0.05, 0) is 53.1 Å². The van der Waals surface area contributed by atoms with E-state index in [-0.39, 0.29) is 12.1 Å². The Labute approximate surface area is 219 Å². The van der Waals surface area contributed by atoms with E-state index in [0.717, 1.165) is 12.1 Å². The van der Waals surface area contributed by atoms with Crippen LogP contribution in [-0.2, 0) is 19.1 Å². The maximum absolute atomic E-state index is 14.2. The highest BCUT2D eigenvalue weighted by Crippen LogP contribution is 2.34. The van der Waals surface area contributed by atoms with Crippen LogP contribution >= 0.6 is 23.2 Å². The van der Waals surface area contributed by atoms with E-state index in [2.05, 4.69) is 10.2 Å². The fourth-order valence-electron chi connectivity index (χ4n) is 4.27. The molecule has 0 atom stereocenters. The van der Waals surface area contributed by atoms with Crippen molar-refractivity contribution in [3.05, 3.63) is 110 Å². The van der Waals surface area contributed by atoms with Crippen molar-refractivity contribution in [3.8, 4) is 22.3 Å². The lowest BCUT2D eigenvalue weighted by Crippen LogP contribution is -2.30. The molecule has 0 aliphatic heterocycles. The van der Waals surface area contributed by atoms with Gasteiger partial charge in [-0.1, -0.05) is 66.5 Å². The Morgan fingerprint density at radius 2 is 1.32 bits per heavy atom. The van der Waals surface area contributed by atoms with Gasteiger partial charge in [-0.15, -0.1) is 10.2 Å². The van der Waals surface area contributed by atoms with Crippen LogP contribution in [0.25, 0.3) is 27.9 Å². The molecule has 2 aromatic heterocycles. The second-order valence-electron chi connectivity index (χ2n) is 8.43. The fraction of sp³-hybridized carbons (Fsp3) is 0.148. The lowest BCUT2D eigenvalue weighted by atomic mass is 9.96. The molecule has 0 N–H and O–H groups in total. The smallest absolute Gasteiger partial charge is 0.267 e. The molecule has 0 saturated heterocycles. The van der Waals surface area contributed by atoms with Crippen LogP contribution in [0.5, 0.6) is 0 Å². The molecule has 3 aromatic carbocycles. The molecule has 37 heavy (non-hydrogen) atoms. The first-order valence-corrected chi connectivity index (χ1v) is 12.1. The molecule has 0 spiro atoms. The van der Waals surface area contributed by atoms with Gasteiger partial charge in [0.05, 0.1) is 17.7 Å². The molecule has 0 saturated carbocycles. The summed E-state index contributed by atoms with van der Waals surface area (Å²) < 4.78 is 42.3. The van der Waals surface area contributed by atoms with E-state index in [1.54, 1.807) is 53.0 Å². The van der Waals surface area contributed by atoms with E-state index in [1.807, 2.05) is 6.92 Å². The summed E-state index contributed by atoms with van der Waals surface area (Å²) in [6, 6.07) is 18.7. The lowest BCUT2D eigenvalue weighted by Gasteiger charge is -2.18. The molecule has 5 aromatic rings. The molecule has 5 nitrogen and oxygen atoms in total. The summed E-state index contributed by atoms with van der Waals surface area (Å²) in [6.45, 7) is 1.90. The maximum atomic E-state index is 14.2. The van der Waals surface area contributed by atoms with Crippen LogP contribution in [0, 0.1) is 0 Å². The third kappa shape index (κ3) is 4.74. The van der Waals surface area contributed by atoms with Crippen LogP contribution in [-0.4, -0.2) is 19.4 Å². The van der Waals surface area contributed by atoms with E-state index in [9.17, 15) is 18.0 Å². The molecular weight excluding hydrogens is 524 g/mol. The fourth-order valence-corrected chi connectivity index (χ4v) is 4.52. The number of nitrogens with zero attached hydrogens (tertiary/aromatic N) is 4. The molecule has 0 aliphatic carbocycles. The Morgan fingerprint density at radius 1 is 0.784 bits per heavy atom. The minimum atomic E-state index is -4.45. The van der Waals surface area contributed by atoms with Gasteiger partial charge in [0.25, 0.3) is 5.56 Å². The molecule has 10 heteroatoms. The third-order valence-corrected chi connectivity index (χ3v) is 6.57. The number of alkyl halides is 3. The highest BCUT2D eigenvalue weighted by atomic mass is 35.5. The van der Waals surface area contributed by atoms with Crippen molar-refractivity contribution < 1.29 is 13.2 Å². The SMILES string of the molecule is CCc1nnc2c(-c3ccc(Cl)cc3)c(-c3ccc(Cl)cc3)c(=O)n(Cc3ccc(C(F)(F)F)cc3)n12. The highest BCUT2D eigenvalue weighted by molar-refractivity contribution is 6.31. The Morgan fingerprint density at radius 3 is 1.84 bits per heavy atom. The summed E-state index contributed by atoms with van der Waals surface area (Å²) in [5, 5.41) is 9.79. The molecule has 0 radical (unpaired) electrons. The molecular formula is C27H19Cl2F3N4O. The second kappa shape index (κ2) is 9.68. The number of hydrogen-bond acceptors (Lipinski definition) is 3. The van der Waals surface area contributed by atoms with Crippen molar-refractivity contribution in [1.82, 2.24) is 19.4 Å². The molecule has 0 bridgehead atoms. The second-order valence-corrected chi connectivity index (χ2v) is 9.30.